The van der Waals surface area contributed by atoms with Crippen molar-refractivity contribution in [2.45, 2.75) is 0 Å². The molecule has 26 aromatic carbocycles. The van der Waals surface area contributed by atoms with Gasteiger partial charge in [-0.25, -0.2) is 0 Å². The van der Waals surface area contributed by atoms with Crippen LogP contribution in [-0.4, -0.2) is 0 Å². The van der Waals surface area contributed by atoms with Gasteiger partial charge in [-0.3, -0.25) is 0 Å². The molecule has 0 radical (unpaired) electrons. The summed E-state index contributed by atoms with van der Waals surface area (Å²) in [6.45, 7) is 0. The van der Waals surface area contributed by atoms with Crippen LogP contribution in [0.3, 0.4) is 0 Å². The van der Waals surface area contributed by atoms with Crippen molar-refractivity contribution in [1.82, 2.24) is 0 Å². The summed E-state index contributed by atoms with van der Waals surface area (Å²) in [5.41, 5.74) is 20.5. The minimum atomic E-state index is 1.24. The molecule has 572 valence electrons. The molecule has 0 heteroatoms. The molecular formula is C124H76. The maximum Gasteiger partial charge on any atom is -0.00199 e. The van der Waals surface area contributed by atoms with Gasteiger partial charge in [-0.15, -0.1) is 0 Å². The molecule has 0 amide bonds. The Labute approximate surface area is 717 Å². The van der Waals surface area contributed by atoms with Crippen molar-refractivity contribution < 1.29 is 0 Å². The number of fused-ring (bicyclic) bond motifs is 31. The summed E-state index contributed by atoms with van der Waals surface area (Å²) in [5.74, 6) is 0. The van der Waals surface area contributed by atoms with Gasteiger partial charge in [0.1, 0.15) is 0 Å². The third-order valence-electron chi connectivity index (χ3n) is 26.8. The van der Waals surface area contributed by atoms with E-state index < -0.39 is 0 Å². The molecule has 124 heavy (non-hydrogen) atoms. The molecular weight excluding hydrogens is 1490 g/mol. The van der Waals surface area contributed by atoms with Crippen molar-refractivity contribution in [1.29, 1.82) is 0 Å². The Hall–Kier alpha value is -16.1. The van der Waals surface area contributed by atoms with Gasteiger partial charge in [0.05, 0.1) is 0 Å². The fourth-order valence-electron chi connectivity index (χ4n) is 21.3. The van der Waals surface area contributed by atoms with Crippen molar-refractivity contribution in [3.05, 3.63) is 461 Å². The number of rotatable bonds is 6. The van der Waals surface area contributed by atoms with E-state index in [9.17, 15) is 0 Å². The van der Waals surface area contributed by atoms with Gasteiger partial charge in [0.15, 0.2) is 0 Å². The Bertz CT molecular complexity index is 8930. The zero-order chi connectivity index (χ0) is 81.5. The predicted octanol–water partition coefficient (Wildman–Crippen LogP) is 35.2. The largest absolute Gasteiger partial charge is 0.0622 e. The first-order valence-electron chi connectivity index (χ1n) is 43.2. The summed E-state index contributed by atoms with van der Waals surface area (Å²) >= 11 is 0. The molecule has 0 heterocycles. The van der Waals surface area contributed by atoms with Gasteiger partial charge in [-0.1, -0.05) is 419 Å². The van der Waals surface area contributed by atoms with Crippen LogP contribution in [-0.2, 0) is 0 Å². The highest BCUT2D eigenvalue weighted by atomic mass is 14.3. The fraction of sp³-hybridized carbons (Fsp3) is 0. The van der Waals surface area contributed by atoms with E-state index in [1.165, 1.54) is 261 Å². The molecule has 0 N–H and O–H groups in total. The quantitative estimate of drug-likeness (QED) is 0.146. The molecule has 0 aliphatic heterocycles. The monoisotopic (exact) mass is 1560 g/mol. The van der Waals surface area contributed by atoms with Crippen LogP contribution in [0.5, 0.6) is 0 Å². The van der Waals surface area contributed by atoms with Crippen LogP contribution >= 0.6 is 0 Å². The number of benzene rings is 26. The van der Waals surface area contributed by atoms with Gasteiger partial charge in [0.25, 0.3) is 0 Å². The highest BCUT2D eigenvalue weighted by Gasteiger charge is 2.26. The zero-order valence-electron chi connectivity index (χ0n) is 67.9. The van der Waals surface area contributed by atoms with E-state index in [4.69, 9.17) is 0 Å². The molecule has 0 atom stereocenters. The van der Waals surface area contributed by atoms with Gasteiger partial charge in [-0.2, -0.15) is 0 Å². The first-order valence-corrected chi connectivity index (χ1v) is 43.2. The molecule has 0 nitrogen and oxygen atoms in total. The Morgan fingerprint density at radius 1 is 0.0806 bits per heavy atom. The van der Waals surface area contributed by atoms with Crippen molar-refractivity contribution in [3.8, 4) is 89.0 Å². The van der Waals surface area contributed by atoms with E-state index in [1.54, 1.807) is 0 Å². The smallest absolute Gasteiger partial charge is 0.00199 e. The molecule has 0 saturated carbocycles. The second-order valence-electron chi connectivity index (χ2n) is 33.3. The van der Waals surface area contributed by atoms with E-state index >= 15 is 0 Å². The molecule has 26 aromatic rings. The summed E-state index contributed by atoms with van der Waals surface area (Å²) < 4.78 is 0. The second-order valence-corrected chi connectivity index (χ2v) is 33.3. The van der Waals surface area contributed by atoms with Crippen LogP contribution in [0.15, 0.2) is 461 Å². The highest BCUT2D eigenvalue weighted by Crippen LogP contribution is 2.53. The minimum Gasteiger partial charge on any atom is -0.0622 e. The third-order valence-corrected chi connectivity index (χ3v) is 26.8. The van der Waals surface area contributed by atoms with Crippen molar-refractivity contribution in [2.75, 3.05) is 0 Å². The fourth-order valence-corrected chi connectivity index (χ4v) is 21.3. The normalized spacial score (nSPS) is 11.9. The average Bonchev–Trinajstić information content (AvgIpc) is 0.916. The van der Waals surface area contributed by atoms with Crippen LogP contribution in [0.2, 0.25) is 0 Å². The lowest BCUT2D eigenvalue weighted by atomic mass is 9.85. The number of hydrogen-bond donors (Lipinski definition) is 0. The molecule has 0 spiro atoms. The van der Waals surface area contributed by atoms with Crippen molar-refractivity contribution in [2.24, 2.45) is 0 Å². The SMILES string of the molecule is c1ccc(-c2cc3c4ccccc4c4cc(-c5cc6ccccc6c6ccccc56)ccc4c3c3ccccc23)cc1.c1ccc(-c2cc3c4ccccc4c4cc(-c5cccc6ccccc56)ccc4c3c3ccccc23)cc1.c1ccc(-c2ccc3c(c2)c2ccccc2c2cc(-c4ccc5c6c(cccc46)-c4ccccc4-5)c4ccccc4c32)cc1. The zero-order valence-corrected chi connectivity index (χ0v) is 67.9. The Morgan fingerprint density at radius 2 is 0.363 bits per heavy atom. The summed E-state index contributed by atoms with van der Waals surface area (Å²) in [6, 6.07) is 170. The van der Waals surface area contributed by atoms with E-state index in [0.29, 0.717) is 0 Å². The van der Waals surface area contributed by atoms with E-state index in [-0.39, 0.29) is 0 Å². The summed E-state index contributed by atoms with van der Waals surface area (Å²) in [4.78, 5) is 0. The van der Waals surface area contributed by atoms with E-state index in [2.05, 4.69) is 461 Å². The van der Waals surface area contributed by atoms with Gasteiger partial charge < -0.3 is 0 Å². The molecule has 1 aliphatic carbocycles. The summed E-state index contributed by atoms with van der Waals surface area (Å²) in [5, 5.41) is 41.7. The highest BCUT2D eigenvalue weighted by molar-refractivity contribution is 6.37. The van der Waals surface area contributed by atoms with Gasteiger partial charge in [-0.05, 0) is 304 Å². The Morgan fingerprint density at radius 3 is 0.855 bits per heavy atom. The lowest BCUT2D eigenvalue weighted by molar-refractivity contribution is 1.65. The van der Waals surface area contributed by atoms with Crippen LogP contribution in [0.25, 0.3) is 261 Å². The molecule has 0 saturated heterocycles. The molecule has 0 unspecified atom stereocenters. The second kappa shape index (κ2) is 28.8. The van der Waals surface area contributed by atoms with Gasteiger partial charge in [0, 0.05) is 0 Å². The predicted molar refractivity (Wildman–Crippen MR) is 536 cm³/mol. The van der Waals surface area contributed by atoms with Crippen LogP contribution in [0, 0.1) is 0 Å². The lowest BCUT2D eigenvalue weighted by Gasteiger charge is -2.18. The Balaban J connectivity index is 0.000000102. The average molecular weight is 1570 g/mol. The maximum atomic E-state index is 2.47. The summed E-state index contributed by atoms with van der Waals surface area (Å²) in [7, 11) is 0. The van der Waals surface area contributed by atoms with Crippen LogP contribution < -0.4 is 0 Å². The molecule has 0 fully saturated rings. The lowest BCUT2D eigenvalue weighted by Crippen LogP contribution is -1.90. The first kappa shape index (κ1) is 70.9. The standard InChI is InChI=1S/C44H26.C42H26.C38H24/c1-2-11-27(12-3-1)28-21-22-39-40(25-28)31-15-6-7-16-32(31)42-26-41(33-17-8-9-18-35(33)44(39)42)34-23-24-38-30-14-5-4-13-29(30)36-19-10-20-37(34)43(36)38;1-2-12-27(13-3-1)39-26-41-34-19-9-8-18-33(34)40-25-29(22-23-37(40)42(41)36-21-11-10-20-35(36)39)38-24-28-14-4-5-15-30(28)31-16-6-7-17-32(31)38;1-2-11-26(12-3-1)35-24-37-31-17-7-6-16-30(31)36-23-27(29-20-10-14-25-13-4-5-15-28(25)29)21-22-34(36)38(37)33-19-9-8-18-32(33)35/h1-26H;1-26H;1-24H. The minimum absolute atomic E-state index is 1.24. The van der Waals surface area contributed by atoms with Crippen LogP contribution in [0.4, 0.5) is 0 Å². The van der Waals surface area contributed by atoms with Gasteiger partial charge in [0.2, 0.25) is 0 Å². The van der Waals surface area contributed by atoms with Crippen molar-refractivity contribution >= 4 is 172 Å². The molecule has 27 rings (SSSR count). The first-order chi connectivity index (χ1) is 61.6. The number of hydrogen-bond acceptors (Lipinski definition) is 0. The maximum absolute atomic E-state index is 2.47. The molecule has 0 aromatic heterocycles. The molecule has 0 bridgehead atoms. The Kier molecular flexibility index (Phi) is 16.5. The van der Waals surface area contributed by atoms with Crippen LogP contribution in [0.1, 0.15) is 0 Å². The summed E-state index contributed by atoms with van der Waals surface area (Å²) in [6.07, 6.45) is 0. The van der Waals surface area contributed by atoms with Gasteiger partial charge >= 0.3 is 0 Å². The van der Waals surface area contributed by atoms with E-state index in [1.807, 2.05) is 0 Å². The van der Waals surface area contributed by atoms with E-state index in [0.717, 1.165) is 0 Å². The third kappa shape index (κ3) is 11.2. The van der Waals surface area contributed by atoms with Crippen molar-refractivity contribution in [3.63, 3.8) is 0 Å². The molecule has 1 aliphatic rings. The topological polar surface area (TPSA) is 0 Å².